The van der Waals surface area contributed by atoms with E-state index in [1.165, 1.54) is 0 Å². The first-order valence-electron chi connectivity index (χ1n) is 8.30. The zero-order valence-electron chi connectivity index (χ0n) is 13.5. The van der Waals surface area contributed by atoms with Crippen LogP contribution in [0, 0.1) is 11.3 Å². The lowest BCUT2D eigenvalue weighted by atomic mass is 9.81. The van der Waals surface area contributed by atoms with Crippen LogP contribution in [0.2, 0.25) is 10.0 Å². The number of halogens is 2. The second-order valence-electron chi connectivity index (χ2n) is 6.97. The molecular formula is C17H18Cl2N4O2. The van der Waals surface area contributed by atoms with Crippen molar-refractivity contribution < 1.29 is 9.90 Å². The van der Waals surface area contributed by atoms with E-state index < -0.39 is 11.4 Å². The Bertz CT molecular complexity index is 825. The van der Waals surface area contributed by atoms with E-state index in [0.29, 0.717) is 28.8 Å². The van der Waals surface area contributed by atoms with E-state index in [9.17, 15) is 9.90 Å². The van der Waals surface area contributed by atoms with Crippen molar-refractivity contribution in [2.24, 2.45) is 11.3 Å². The van der Waals surface area contributed by atoms with Crippen LogP contribution < -0.4 is 0 Å². The van der Waals surface area contributed by atoms with Crippen LogP contribution in [0.25, 0.3) is 5.69 Å². The molecule has 1 aliphatic carbocycles. The lowest BCUT2D eigenvalue weighted by Gasteiger charge is -2.23. The quantitative estimate of drug-likeness (QED) is 0.880. The van der Waals surface area contributed by atoms with E-state index >= 15 is 0 Å². The van der Waals surface area contributed by atoms with Gasteiger partial charge in [-0.2, -0.15) is 0 Å². The van der Waals surface area contributed by atoms with Crippen molar-refractivity contribution in [1.82, 2.24) is 19.9 Å². The van der Waals surface area contributed by atoms with Crippen molar-refractivity contribution in [2.45, 2.75) is 25.8 Å². The van der Waals surface area contributed by atoms with Gasteiger partial charge in [0.25, 0.3) is 0 Å². The molecule has 132 valence electrons. The summed E-state index contributed by atoms with van der Waals surface area (Å²) in [6, 6.07) is 5.21. The molecule has 4 rings (SSSR count). The number of likely N-dealkylation sites (tertiary alicyclic amines) is 1. The SMILES string of the molecule is O=C(O)[C@@]12CCC[C@H]1CN(Cc1cn(-c3ccc(Cl)cc3Cl)nn1)C2. The molecule has 2 heterocycles. The number of carboxylic acids is 1. The minimum atomic E-state index is -0.658. The van der Waals surface area contributed by atoms with Crippen LogP contribution in [-0.4, -0.2) is 44.1 Å². The number of aromatic nitrogens is 3. The van der Waals surface area contributed by atoms with Gasteiger partial charge in [-0.25, -0.2) is 4.68 Å². The van der Waals surface area contributed by atoms with E-state index in [1.807, 2.05) is 6.20 Å². The smallest absolute Gasteiger partial charge is 0.311 e. The molecular weight excluding hydrogens is 363 g/mol. The Kier molecular flexibility index (Phi) is 4.22. The van der Waals surface area contributed by atoms with E-state index in [0.717, 1.165) is 31.5 Å². The van der Waals surface area contributed by atoms with Gasteiger partial charge in [-0.15, -0.1) is 5.10 Å². The summed E-state index contributed by atoms with van der Waals surface area (Å²) >= 11 is 12.1. The van der Waals surface area contributed by atoms with Gasteiger partial charge in [0.2, 0.25) is 0 Å². The topological polar surface area (TPSA) is 71.2 Å². The fourth-order valence-corrected chi connectivity index (χ4v) is 4.74. The molecule has 1 saturated heterocycles. The van der Waals surface area contributed by atoms with E-state index in [4.69, 9.17) is 23.2 Å². The Morgan fingerprint density at radius 2 is 2.24 bits per heavy atom. The zero-order valence-corrected chi connectivity index (χ0v) is 15.0. The molecule has 2 aromatic rings. The van der Waals surface area contributed by atoms with E-state index in [1.54, 1.807) is 22.9 Å². The van der Waals surface area contributed by atoms with Crippen LogP contribution in [-0.2, 0) is 11.3 Å². The molecule has 6 nitrogen and oxygen atoms in total. The molecule has 0 bridgehead atoms. The summed E-state index contributed by atoms with van der Waals surface area (Å²) in [4.78, 5) is 13.9. The van der Waals surface area contributed by atoms with Crippen molar-refractivity contribution in [1.29, 1.82) is 0 Å². The maximum atomic E-state index is 11.8. The van der Waals surface area contributed by atoms with Crippen molar-refractivity contribution in [3.63, 3.8) is 0 Å². The van der Waals surface area contributed by atoms with Gasteiger partial charge in [0.05, 0.1) is 28.0 Å². The number of hydrogen-bond donors (Lipinski definition) is 1. The third-order valence-electron chi connectivity index (χ3n) is 5.45. The molecule has 0 unspecified atom stereocenters. The molecule has 1 aromatic carbocycles. The summed E-state index contributed by atoms with van der Waals surface area (Å²) in [5, 5.41) is 19.1. The molecule has 1 saturated carbocycles. The number of benzene rings is 1. The zero-order chi connectivity index (χ0) is 17.6. The van der Waals surface area contributed by atoms with Gasteiger partial charge in [0.15, 0.2) is 0 Å². The average molecular weight is 381 g/mol. The Morgan fingerprint density at radius 3 is 2.96 bits per heavy atom. The predicted molar refractivity (Wildman–Crippen MR) is 94.1 cm³/mol. The second-order valence-corrected chi connectivity index (χ2v) is 7.81. The first kappa shape index (κ1) is 16.8. The number of rotatable bonds is 4. The van der Waals surface area contributed by atoms with Crippen LogP contribution in [0.15, 0.2) is 24.4 Å². The Hall–Kier alpha value is -1.63. The van der Waals surface area contributed by atoms with Gasteiger partial charge in [-0.1, -0.05) is 34.8 Å². The monoisotopic (exact) mass is 380 g/mol. The molecule has 1 N–H and O–H groups in total. The van der Waals surface area contributed by atoms with Crippen LogP contribution in [0.5, 0.6) is 0 Å². The van der Waals surface area contributed by atoms with E-state index in [-0.39, 0.29) is 5.92 Å². The second kappa shape index (κ2) is 6.27. The lowest BCUT2D eigenvalue weighted by Crippen LogP contribution is -2.35. The number of hydrogen-bond acceptors (Lipinski definition) is 4. The van der Waals surface area contributed by atoms with Crippen molar-refractivity contribution in [2.75, 3.05) is 13.1 Å². The van der Waals surface area contributed by atoms with Gasteiger partial charge >= 0.3 is 5.97 Å². The van der Waals surface area contributed by atoms with Crippen LogP contribution in [0.1, 0.15) is 25.0 Å². The number of carbonyl (C=O) groups is 1. The molecule has 1 aliphatic heterocycles. The molecule has 0 amide bonds. The first-order chi connectivity index (χ1) is 12.0. The first-order valence-corrected chi connectivity index (χ1v) is 9.06. The highest BCUT2D eigenvalue weighted by molar-refractivity contribution is 6.35. The fourth-order valence-electron chi connectivity index (χ4n) is 4.25. The maximum Gasteiger partial charge on any atom is 0.311 e. The normalized spacial score (nSPS) is 26.1. The standard InChI is InChI=1S/C17H18Cl2N4O2/c18-12-3-4-15(14(19)6-12)23-9-13(20-21-23)8-22-7-11-2-1-5-17(11,10-22)16(24)25/h3-4,6,9,11H,1-2,5,7-8,10H2,(H,24,25)/t11-,17+/m0/s1. The van der Waals surface area contributed by atoms with Gasteiger partial charge in [-0.05, 0) is 37.0 Å². The van der Waals surface area contributed by atoms with Gasteiger partial charge < -0.3 is 5.11 Å². The van der Waals surface area contributed by atoms with E-state index in [2.05, 4.69) is 15.2 Å². The summed E-state index contributed by atoms with van der Waals surface area (Å²) in [6.45, 7) is 1.99. The van der Waals surface area contributed by atoms with Crippen molar-refractivity contribution in [3.05, 3.63) is 40.1 Å². The molecule has 2 fully saturated rings. The fraction of sp³-hybridized carbons (Fsp3) is 0.471. The van der Waals surface area contributed by atoms with Crippen molar-refractivity contribution >= 4 is 29.2 Å². The molecule has 2 atom stereocenters. The number of nitrogens with zero attached hydrogens (tertiary/aromatic N) is 4. The van der Waals surface area contributed by atoms with Crippen molar-refractivity contribution in [3.8, 4) is 5.69 Å². The number of carboxylic acid groups (broad SMARTS) is 1. The highest BCUT2D eigenvalue weighted by Gasteiger charge is 2.54. The Balaban J connectivity index is 1.50. The third-order valence-corrected chi connectivity index (χ3v) is 5.99. The summed E-state index contributed by atoms with van der Waals surface area (Å²) in [7, 11) is 0. The summed E-state index contributed by atoms with van der Waals surface area (Å²) in [5.41, 5.74) is 0.937. The number of aliphatic carboxylic acids is 1. The maximum absolute atomic E-state index is 11.8. The molecule has 0 radical (unpaired) electrons. The average Bonchev–Trinajstić information content (AvgIpc) is 3.22. The Labute approximate surface area is 155 Å². The van der Waals surface area contributed by atoms with Gasteiger partial charge in [0, 0.05) is 24.7 Å². The largest absolute Gasteiger partial charge is 0.481 e. The highest BCUT2D eigenvalue weighted by atomic mass is 35.5. The van der Waals surface area contributed by atoms with Crippen LogP contribution in [0.3, 0.4) is 0 Å². The third kappa shape index (κ3) is 2.92. The predicted octanol–water partition coefficient (Wildman–Crippen LogP) is 3.26. The lowest BCUT2D eigenvalue weighted by molar-refractivity contribution is -0.149. The summed E-state index contributed by atoms with van der Waals surface area (Å²) < 4.78 is 1.62. The van der Waals surface area contributed by atoms with Gasteiger partial charge in [0.1, 0.15) is 0 Å². The van der Waals surface area contributed by atoms with Crippen LogP contribution >= 0.6 is 23.2 Å². The summed E-state index contributed by atoms with van der Waals surface area (Å²) in [5.74, 6) is -0.417. The molecule has 25 heavy (non-hydrogen) atoms. The molecule has 2 aliphatic rings. The highest BCUT2D eigenvalue weighted by Crippen LogP contribution is 2.49. The number of fused-ring (bicyclic) bond motifs is 1. The Morgan fingerprint density at radius 1 is 1.40 bits per heavy atom. The molecule has 8 heteroatoms. The molecule has 0 spiro atoms. The van der Waals surface area contributed by atoms with Crippen LogP contribution in [0.4, 0.5) is 0 Å². The minimum Gasteiger partial charge on any atom is -0.481 e. The summed E-state index contributed by atoms with van der Waals surface area (Å²) in [6.07, 6.45) is 4.61. The molecule has 1 aromatic heterocycles. The van der Waals surface area contributed by atoms with Gasteiger partial charge in [-0.3, -0.25) is 9.69 Å². The minimum absolute atomic E-state index is 0.241.